The predicted molar refractivity (Wildman–Crippen MR) is 87.5 cm³/mol. The smallest absolute Gasteiger partial charge is 0.161 e. The molecule has 0 spiro atoms. The van der Waals surface area contributed by atoms with E-state index >= 15 is 0 Å². The Hall–Kier alpha value is -1.65. The maximum absolute atomic E-state index is 5.92. The molecule has 21 heavy (non-hydrogen) atoms. The fourth-order valence-electron chi connectivity index (χ4n) is 2.13. The number of nitrogens with two attached hydrogens (primary N) is 1. The van der Waals surface area contributed by atoms with Gasteiger partial charge in [0.2, 0.25) is 0 Å². The number of hydrogen-bond donors (Lipinski definition) is 1. The lowest BCUT2D eigenvalue weighted by atomic mass is 10.1. The van der Waals surface area contributed by atoms with Gasteiger partial charge in [0.15, 0.2) is 11.5 Å². The first-order valence-corrected chi connectivity index (χ1v) is 7.69. The van der Waals surface area contributed by atoms with E-state index in [-0.39, 0.29) is 6.04 Å². The SMILES string of the molecule is COc1ccc(Sc2ccccc2CC(C)N)cc1OC. The second kappa shape index (κ2) is 7.38. The van der Waals surface area contributed by atoms with Crippen molar-refractivity contribution in [3.8, 4) is 11.5 Å². The first kappa shape index (κ1) is 15.7. The highest BCUT2D eigenvalue weighted by molar-refractivity contribution is 7.99. The average molecular weight is 303 g/mol. The van der Waals surface area contributed by atoms with Gasteiger partial charge in [-0.3, -0.25) is 0 Å². The van der Waals surface area contributed by atoms with Crippen molar-refractivity contribution in [1.29, 1.82) is 0 Å². The lowest BCUT2D eigenvalue weighted by molar-refractivity contribution is 0.354. The third-order valence-corrected chi connectivity index (χ3v) is 4.21. The zero-order valence-electron chi connectivity index (χ0n) is 12.6. The Kier molecular flexibility index (Phi) is 5.53. The predicted octanol–water partition coefficient (Wildman–Crippen LogP) is 3.74. The van der Waals surface area contributed by atoms with Gasteiger partial charge in [-0.1, -0.05) is 30.0 Å². The molecule has 1 unspecified atom stereocenters. The van der Waals surface area contributed by atoms with Gasteiger partial charge < -0.3 is 15.2 Å². The topological polar surface area (TPSA) is 44.5 Å². The van der Waals surface area contributed by atoms with Gasteiger partial charge in [-0.25, -0.2) is 0 Å². The minimum Gasteiger partial charge on any atom is -0.493 e. The molecule has 0 radical (unpaired) electrons. The second-order valence-electron chi connectivity index (χ2n) is 4.91. The summed E-state index contributed by atoms with van der Waals surface area (Å²) in [4.78, 5) is 2.34. The molecule has 0 aliphatic carbocycles. The molecule has 0 fully saturated rings. The van der Waals surface area contributed by atoms with E-state index in [9.17, 15) is 0 Å². The highest BCUT2D eigenvalue weighted by Crippen LogP contribution is 2.36. The van der Waals surface area contributed by atoms with Crippen LogP contribution in [0.25, 0.3) is 0 Å². The Labute approximate surface area is 130 Å². The molecule has 0 aliphatic rings. The molecular formula is C17H21NO2S. The molecule has 0 aromatic heterocycles. The van der Waals surface area contributed by atoms with Gasteiger partial charge in [0.05, 0.1) is 14.2 Å². The van der Waals surface area contributed by atoms with Gasteiger partial charge in [0.25, 0.3) is 0 Å². The summed E-state index contributed by atoms with van der Waals surface area (Å²) in [6, 6.07) is 14.5. The molecule has 0 saturated heterocycles. The van der Waals surface area contributed by atoms with Crippen LogP contribution in [0.2, 0.25) is 0 Å². The number of ether oxygens (including phenoxy) is 2. The molecular weight excluding hydrogens is 282 g/mol. The lowest BCUT2D eigenvalue weighted by Crippen LogP contribution is -2.18. The number of rotatable bonds is 6. The summed E-state index contributed by atoms with van der Waals surface area (Å²) in [7, 11) is 3.29. The number of benzene rings is 2. The van der Waals surface area contributed by atoms with Gasteiger partial charge in [-0.05, 0) is 43.2 Å². The molecule has 2 rings (SSSR count). The number of hydrogen-bond acceptors (Lipinski definition) is 4. The minimum atomic E-state index is 0.150. The molecule has 0 amide bonds. The van der Waals surface area contributed by atoms with Crippen molar-refractivity contribution in [3.63, 3.8) is 0 Å². The van der Waals surface area contributed by atoms with Crippen LogP contribution in [0.15, 0.2) is 52.3 Å². The average Bonchev–Trinajstić information content (AvgIpc) is 2.48. The van der Waals surface area contributed by atoms with Gasteiger partial charge in [-0.15, -0.1) is 0 Å². The molecule has 112 valence electrons. The van der Waals surface area contributed by atoms with E-state index in [1.54, 1.807) is 26.0 Å². The van der Waals surface area contributed by atoms with E-state index in [1.807, 2.05) is 31.2 Å². The van der Waals surface area contributed by atoms with Gasteiger partial charge in [0.1, 0.15) is 0 Å². The van der Waals surface area contributed by atoms with E-state index in [0.717, 1.165) is 22.8 Å². The molecule has 2 N–H and O–H groups in total. The summed E-state index contributed by atoms with van der Waals surface area (Å²) in [6.07, 6.45) is 0.871. The molecule has 4 heteroatoms. The molecule has 0 aliphatic heterocycles. The molecule has 2 aromatic carbocycles. The Morgan fingerprint density at radius 2 is 1.76 bits per heavy atom. The summed E-state index contributed by atoms with van der Waals surface area (Å²) in [5.74, 6) is 1.48. The molecule has 0 bridgehead atoms. The Morgan fingerprint density at radius 1 is 1.05 bits per heavy atom. The fourth-order valence-corrected chi connectivity index (χ4v) is 3.11. The third kappa shape index (κ3) is 4.16. The summed E-state index contributed by atoms with van der Waals surface area (Å²) in [6.45, 7) is 2.03. The van der Waals surface area contributed by atoms with Crippen LogP contribution in [0.3, 0.4) is 0 Å². The molecule has 1 atom stereocenters. The minimum absolute atomic E-state index is 0.150. The Morgan fingerprint density at radius 3 is 2.43 bits per heavy atom. The van der Waals surface area contributed by atoms with Crippen LogP contribution in [0.5, 0.6) is 11.5 Å². The number of methoxy groups -OCH3 is 2. The van der Waals surface area contributed by atoms with E-state index < -0.39 is 0 Å². The van der Waals surface area contributed by atoms with Crippen LogP contribution in [0.4, 0.5) is 0 Å². The van der Waals surface area contributed by atoms with Crippen molar-refractivity contribution in [1.82, 2.24) is 0 Å². The monoisotopic (exact) mass is 303 g/mol. The van der Waals surface area contributed by atoms with Crippen molar-refractivity contribution in [2.75, 3.05) is 14.2 Å². The quantitative estimate of drug-likeness (QED) is 0.883. The summed E-state index contributed by atoms with van der Waals surface area (Å²) in [5, 5.41) is 0. The molecule has 3 nitrogen and oxygen atoms in total. The second-order valence-corrected chi connectivity index (χ2v) is 6.02. The van der Waals surface area contributed by atoms with Crippen molar-refractivity contribution in [2.24, 2.45) is 5.73 Å². The van der Waals surface area contributed by atoms with Crippen LogP contribution in [-0.4, -0.2) is 20.3 Å². The van der Waals surface area contributed by atoms with Gasteiger partial charge >= 0.3 is 0 Å². The summed E-state index contributed by atoms with van der Waals surface area (Å²) < 4.78 is 10.6. The van der Waals surface area contributed by atoms with Crippen LogP contribution < -0.4 is 15.2 Å². The first-order chi connectivity index (χ1) is 10.1. The van der Waals surface area contributed by atoms with E-state index in [4.69, 9.17) is 15.2 Å². The summed E-state index contributed by atoms with van der Waals surface area (Å²) in [5.41, 5.74) is 7.20. The molecule has 2 aromatic rings. The van der Waals surface area contributed by atoms with Crippen LogP contribution in [0, 0.1) is 0 Å². The van der Waals surface area contributed by atoms with Crippen LogP contribution >= 0.6 is 11.8 Å². The highest BCUT2D eigenvalue weighted by Gasteiger charge is 2.09. The molecule has 0 heterocycles. The standard InChI is InChI=1S/C17H21NO2S/c1-12(18)10-13-6-4-5-7-17(13)21-14-8-9-15(19-2)16(11-14)20-3/h4-9,11-12H,10,18H2,1-3H3. The fraction of sp³-hybridized carbons (Fsp3) is 0.294. The Balaban J connectivity index is 2.26. The normalized spacial score (nSPS) is 12.0. The van der Waals surface area contributed by atoms with Crippen LogP contribution in [-0.2, 0) is 6.42 Å². The van der Waals surface area contributed by atoms with Gasteiger partial charge in [-0.2, -0.15) is 0 Å². The first-order valence-electron chi connectivity index (χ1n) is 6.87. The zero-order chi connectivity index (χ0) is 15.2. The van der Waals surface area contributed by atoms with E-state index in [1.165, 1.54) is 10.5 Å². The lowest BCUT2D eigenvalue weighted by Gasteiger charge is -2.13. The maximum Gasteiger partial charge on any atom is 0.161 e. The largest absolute Gasteiger partial charge is 0.493 e. The molecule has 0 saturated carbocycles. The van der Waals surface area contributed by atoms with Crippen molar-refractivity contribution in [2.45, 2.75) is 29.2 Å². The maximum atomic E-state index is 5.92. The van der Waals surface area contributed by atoms with Gasteiger partial charge in [0, 0.05) is 15.8 Å². The highest BCUT2D eigenvalue weighted by atomic mass is 32.2. The van der Waals surface area contributed by atoms with Crippen molar-refractivity contribution in [3.05, 3.63) is 48.0 Å². The van der Waals surface area contributed by atoms with Crippen LogP contribution in [0.1, 0.15) is 12.5 Å². The van der Waals surface area contributed by atoms with E-state index in [0.29, 0.717) is 0 Å². The third-order valence-electron chi connectivity index (χ3n) is 3.10. The van der Waals surface area contributed by atoms with Crippen molar-refractivity contribution < 1.29 is 9.47 Å². The zero-order valence-corrected chi connectivity index (χ0v) is 13.4. The van der Waals surface area contributed by atoms with E-state index in [2.05, 4.69) is 18.2 Å². The van der Waals surface area contributed by atoms with Crippen molar-refractivity contribution >= 4 is 11.8 Å². The summed E-state index contributed by atoms with van der Waals surface area (Å²) >= 11 is 1.71. The Bertz CT molecular complexity index is 599.